The predicted molar refractivity (Wildman–Crippen MR) is 76.2 cm³/mol. The molecule has 3 nitrogen and oxygen atoms in total. The molecule has 0 spiro atoms. The lowest BCUT2D eigenvalue weighted by molar-refractivity contribution is 0.205. The molecule has 0 aliphatic carbocycles. The number of ether oxygens (including phenoxy) is 1. The molecule has 1 rings (SSSR count). The van der Waals surface area contributed by atoms with Gasteiger partial charge in [0.15, 0.2) is 0 Å². The lowest BCUT2D eigenvalue weighted by atomic mass is 9.88. The molecule has 0 radical (unpaired) electrons. The van der Waals surface area contributed by atoms with Crippen LogP contribution in [0.5, 0.6) is 5.88 Å². The molecular formula is C15H26N2O. The van der Waals surface area contributed by atoms with E-state index in [4.69, 9.17) is 4.74 Å². The monoisotopic (exact) mass is 250 g/mol. The van der Waals surface area contributed by atoms with Crippen molar-refractivity contribution in [3.63, 3.8) is 0 Å². The van der Waals surface area contributed by atoms with Crippen LogP contribution >= 0.6 is 0 Å². The van der Waals surface area contributed by atoms with E-state index in [-0.39, 0.29) is 11.5 Å². The first-order chi connectivity index (χ1) is 8.29. The summed E-state index contributed by atoms with van der Waals surface area (Å²) in [6, 6.07) is 4.56. The number of aromatic nitrogens is 1. The van der Waals surface area contributed by atoms with Crippen molar-refractivity contribution in [2.45, 2.75) is 59.1 Å². The van der Waals surface area contributed by atoms with E-state index >= 15 is 0 Å². The minimum atomic E-state index is 0.120. The molecule has 1 N–H and O–H groups in total. The van der Waals surface area contributed by atoms with Gasteiger partial charge in [-0.05, 0) is 24.0 Å². The number of pyridine rings is 1. The molecule has 0 amide bonds. The molecular weight excluding hydrogens is 224 g/mol. The third-order valence-corrected chi connectivity index (χ3v) is 2.74. The summed E-state index contributed by atoms with van der Waals surface area (Å²) in [5, 5.41) is 3.36. The molecule has 0 aromatic carbocycles. The largest absolute Gasteiger partial charge is 0.473 e. The standard InChI is InChI=1S/C15H26N2O/c1-11(2)17-10-12(3)18-14-9-13(7-8-16-14)15(4,5)6/h7-9,11-12,17H,10H2,1-6H3/t12-/m0/s1. The van der Waals surface area contributed by atoms with Gasteiger partial charge in [-0.2, -0.15) is 0 Å². The molecule has 0 aliphatic heterocycles. The molecule has 0 saturated heterocycles. The van der Waals surface area contributed by atoms with Gasteiger partial charge in [-0.25, -0.2) is 4.98 Å². The van der Waals surface area contributed by atoms with E-state index in [1.165, 1.54) is 5.56 Å². The van der Waals surface area contributed by atoms with Gasteiger partial charge < -0.3 is 10.1 Å². The van der Waals surface area contributed by atoms with Crippen LogP contribution in [-0.4, -0.2) is 23.7 Å². The summed E-state index contributed by atoms with van der Waals surface area (Å²) in [4.78, 5) is 4.27. The highest BCUT2D eigenvalue weighted by Gasteiger charge is 2.15. The van der Waals surface area contributed by atoms with Gasteiger partial charge in [0, 0.05) is 24.8 Å². The third kappa shape index (κ3) is 5.05. The Morgan fingerprint density at radius 1 is 1.28 bits per heavy atom. The average molecular weight is 250 g/mol. The van der Waals surface area contributed by atoms with Crippen LogP contribution < -0.4 is 10.1 Å². The smallest absolute Gasteiger partial charge is 0.213 e. The summed E-state index contributed by atoms with van der Waals surface area (Å²) in [6.07, 6.45) is 1.94. The summed E-state index contributed by atoms with van der Waals surface area (Å²) in [5.74, 6) is 0.709. The zero-order chi connectivity index (χ0) is 13.8. The number of hydrogen-bond donors (Lipinski definition) is 1. The van der Waals surface area contributed by atoms with E-state index in [1.807, 2.05) is 18.3 Å². The van der Waals surface area contributed by atoms with E-state index < -0.39 is 0 Å². The van der Waals surface area contributed by atoms with E-state index in [2.05, 4.69) is 51.8 Å². The van der Waals surface area contributed by atoms with Crippen molar-refractivity contribution in [2.75, 3.05) is 6.54 Å². The second-order valence-corrected chi connectivity index (χ2v) is 6.12. The Kier molecular flexibility index (Phi) is 5.15. The zero-order valence-corrected chi connectivity index (χ0v) is 12.4. The van der Waals surface area contributed by atoms with Crippen LogP contribution in [0.4, 0.5) is 0 Å². The molecule has 1 aromatic rings. The van der Waals surface area contributed by atoms with Crippen molar-refractivity contribution < 1.29 is 4.74 Å². The third-order valence-electron chi connectivity index (χ3n) is 2.74. The van der Waals surface area contributed by atoms with Crippen molar-refractivity contribution in [2.24, 2.45) is 0 Å². The minimum Gasteiger partial charge on any atom is -0.473 e. The summed E-state index contributed by atoms with van der Waals surface area (Å²) in [7, 11) is 0. The quantitative estimate of drug-likeness (QED) is 0.871. The van der Waals surface area contributed by atoms with Crippen LogP contribution in [0.1, 0.15) is 47.1 Å². The fourth-order valence-corrected chi connectivity index (χ4v) is 1.59. The molecule has 0 unspecified atom stereocenters. The van der Waals surface area contributed by atoms with Gasteiger partial charge in [0.25, 0.3) is 0 Å². The van der Waals surface area contributed by atoms with Crippen molar-refractivity contribution in [1.82, 2.24) is 10.3 Å². The first-order valence-corrected chi connectivity index (χ1v) is 6.65. The van der Waals surface area contributed by atoms with Crippen LogP contribution in [0.2, 0.25) is 0 Å². The maximum Gasteiger partial charge on any atom is 0.213 e. The summed E-state index contributed by atoms with van der Waals surface area (Å²) < 4.78 is 5.83. The molecule has 102 valence electrons. The highest BCUT2D eigenvalue weighted by molar-refractivity contribution is 5.26. The predicted octanol–water partition coefficient (Wildman–Crippen LogP) is 3.14. The molecule has 0 saturated carbocycles. The number of nitrogens with one attached hydrogen (secondary N) is 1. The number of nitrogens with zero attached hydrogens (tertiary/aromatic N) is 1. The van der Waals surface area contributed by atoms with Crippen molar-refractivity contribution in [3.8, 4) is 5.88 Å². The van der Waals surface area contributed by atoms with Crippen LogP contribution in [0, 0.1) is 0 Å². The van der Waals surface area contributed by atoms with Crippen LogP contribution in [0.15, 0.2) is 18.3 Å². The van der Waals surface area contributed by atoms with Gasteiger partial charge in [0.05, 0.1) is 0 Å². The minimum absolute atomic E-state index is 0.120. The van der Waals surface area contributed by atoms with Crippen molar-refractivity contribution >= 4 is 0 Å². The van der Waals surface area contributed by atoms with E-state index in [0.717, 1.165) is 6.54 Å². The highest BCUT2D eigenvalue weighted by Crippen LogP contribution is 2.24. The molecule has 1 aromatic heterocycles. The maximum absolute atomic E-state index is 5.83. The molecule has 1 heterocycles. The van der Waals surface area contributed by atoms with E-state index in [0.29, 0.717) is 11.9 Å². The normalized spacial score (nSPS) is 13.7. The van der Waals surface area contributed by atoms with Gasteiger partial charge in [0.1, 0.15) is 6.10 Å². The average Bonchev–Trinajstić information content (AvgIpc) is 2.25. The molecule has 18 heavy (non-hydrogen) atoms. The number of hydrogen-bond acceptors (Lipinski definition) is 3. The second-order valence-electron chi connectivity index (χ2n) is 6.12. The fraction of sp³-hybridized carbons (Fsp3) is 0.667. The molecule has 3 heteroatoms. The summed E-state index contributed by atoms with van der Waals surface area (Å²) in [6.45, 7) is 13.7. The van der Waals surface area contributed by atoms with Gasteiger partial charge in [-0.1, -0.05) is 34.6 Å². The van der Waals surface area contributed by atoms with Crippen molar-refractivity contribution in [3.05, 3.63) is 23.9 Å². The van der Waals surface area contributed by atoms with E-state index in [1.54, 1.807) is 0 Å². The first-order valence-electron chi connectivity index (χ1n) is 6.65. The van der Waals surface area contributed by atoms with Gasteiger partial charge in [0.2, 0.25) is 5.88 Å². The Labute approximate surface area is 111 Å². The van der Waals surface area contributed by atoms with Crippen LogP contribution in [-0.2, 0) is 5.41 Å². The highest BCUT2D eigenvalue weighted by atomic mass is 16.5. The molecule has 0 fully saturated rings. The topological polar surface area (TPSA) is 34.1 Å². The maximum atomic E-state index is 5.83. The van der Waals surface area contributed by atoms with Crippen molar-refractivity contribution in [1.29, 1.82) is 0 Å². The molecule has 1 atom stereocenters. The lowest BCUT2D eigenvalue weighted by Crippen LogP contribution is -2.33. The Balaban J connectivity index is 2.62. The first kappa shape index (κ1) is 15.0. The zero-order valence-electron chi connectivity index (χ0n) is 12.4. The SMILES string of the molecule is CC(C)NC[C@H](C)Oc1cc(C(C)(C)C)ccn1. The molecule has 0 aliphatic rings. The summed E-state index contributed by atoms with van der Waals surface area (Å²) in [5.41, 5.74) is 1.37. The molecule has 0 bridgehead atoms. The summed E-state index contributed by atoms with van der Waals surface area (Å²) >= 11 is 0. The Morgan fingerprint density at radius 3 is 2.50 bits per heavy atom. The van der Waals surface area contributed by atoms with Crippen LogP contribution in [0.3, 0.4) is 0 Å². The van der Waals surface area contributed by atoms with Gasteiger partial charge in [-0.15, -0.1) is 0 Å². The Hall–Kier alpha value is -1.09. The van der Waals surface area contributed by atoms with Gasteiger partial charge in [-0.3, -0.25) is 0 Å². The van der Waals surface area contributed by atoms with Gasteiger partial charge >= 0.3 is 0 Å². The second kappa shape index (κ2) is 6.19. The Bertz CT molecular complexity index is 369. The Morgan fingerprint density at radius 2 is 1.94 bits per heavy atom. The number of rotatable bonds is 5. The lowest BCUT2D eigenvalue weighted by Gasteiger charge is -2.21. The van der Waals surface area contributed by atoms with Crippen LogP contribution in [0.25, 0.3) is 0 Å². The van der Waals surface area contributed by atoms with E-state index in [9.17, 15) is 0 Å². The fourth-order valence-electron chi connectivity index (χ4n) is 1.59.